The summed E-state index contributed by atoms with van der Waals surface area (Å²) < 4.78 is 6.28. The maximum atomic E-state index is 5.27. The van der Waals surface area contributed by atoms with Crippen LogP contribution in [0, 0.1) is 3.57 Å². The number of aromatic nitrogens is 2. The summed E-state index contributed by atoms with van der Waals surface area (Å²) in [5.41, 5.74) is 0. The SMILES string of the molecule is CCC(OC)c1ncc(I)c(NC)n1. The maximum absolute atomic E-state index is 5.27. The molecule has 1 unspecified atom stereocenters. The lowest BCUT2D eigenvalue weighted by molar-refractivity contribution is 0.0926. The molecule has 0 bridgehead atoms. The van der Waals surface area contributed by atoms with Crippen molar-refractivity contribution in [1.29, 1.82) is 0 Å². The van der Waals surface area contributed by atoms with Gasteiger partial charge < -0.3 is 10.1 Å². The van der Waals surface area contributed by atoms with Crippen molar-refractivity contribution in [2.24, 2.45) is 0 Å². The molecule has 1 atom stereocenters. The molecule has 0 amide bonds. The molecular weight excluding hydrogens is 293 g/mol. The highest BCUT2D eigenvalue weighted by molar-refractivity contribution is 14.1. The molecule has 0 aliphatic rings. The topological polar surface area (TPSA) is 47.0 Å². The van der Waals surface area contributed by atoms with Crippen molar-refractivity contribution in [3.63, 3.8) is 0 Å². The predicted octanol–water partition coefficient (Wildman–Crippen LogP) is 2.22. The predicted molar refractivity (Wildman–Crippen MR) is 64.3 cm³/mol. The van der Waals surface area contributed by atoms with Crippen molar-refractivity contribution in [3.05, 3.63) is 15.6 Å². The third-order valence-electron chi connectivity index (χ3n) is 1.94. The Bertz CT molecular complexity index is 302. The fraction of sp³-hybridized carbons (Fsp3) is 0.556. The third kappa shape index (κ3) is 2.54. The number of anilines is 1. The van der Waals surface area contributed by atoms with Crippen LogP contribution in [-0.2, 0) is 4.74 Å². The van der Waals surface area contributed by atoms with E-state index < -0.39 is 0 Å². The molecule has 0 saturated carbocycles. The molecule has 0 aliphatic heterocycles. The summed E-state index contributed by atoms with van der Waals surface area (Å²) in [5.74, 6) is 1.59. The van der Waals surface area contributed by atoms with Gasteiger partial charge in [-0.05, 0) is 29.0 Å². The molecule has 0 fully saturated rings. The van der Waals surface area contributed by atoms with E-state index in [4.69, 9.17) is 4.74 Å². The first kappa shape index (κ1) is 11.6. The van der Waals surface area contributed by atoms with Crippen molar-refractivity contribution in [2.45, 2.75) is 19.4 Å². The van der Waals surface area contributed by atoms with Crippen LogP contribution in [0.2, 0.25) is 0 Å². The standard InChI is InChI=1S/C9H14IN3O/c1-4-7(14-3)9-12-5-6(10)8(11-2)13-9/h5,7H,4H2,1-3H3,(H,11,12,13). The van der Waals surface area contributed by atoms with Gasteiger partial charge >= 0.3 is 0 Å². The number of nitrogens with zero attached hydrogens (tertiary/aromatic N) is 2. The Labute approximate surface area is 97.6 Å². The normalized spacial score (nSPS) is 12.6. The molecule has 1 N–H and O–H groups in total. The van der Waals surface area contributed by atoms with Gasteiger partial charge in [-0.25, -0.2) is 9.97 Å². The molecule has 1 rings (SSSR count). The van der Waals surface area contributed by atoms with Gasteiger partial charge in [0, 0.05) is 20.4 Å². The monoisotopic (exact) mass is 307 g/mol. The van der Waals surface area contributed by atoms with Crippen LogP contribution in [0.4, 0.5) is 5.82 Å². The summed E-state index contributed by atoms with van der Waals surface area (Å²) in [5, 5.41) is 3.02. The van der Waals surface area contributed by atoms with Crippen molar-refractivity contribution in [2.75, 3.05) is 19.5 Å². The first-order chi connectivity index (χ1) is 6.72. The van der Waals surface area contributed by atoms with Gasteiger partial charge in [0.2, 0.25) is 0 Å². The lowest BCUT2D eigenvalue weighted by Crippen LogP contribution is -2.08. The average Bonchev–Trinajstić information content (AvgIpc) is 2.22. The molecule has 1 heterocycles. The second kappa shape index (κ2) is 5.45. The molecule has 0 aromatic carbocycles. The van der Waals surface area contributed by atoms with Crippen LogP contribution in [-0.4, -0.2) is 24.1 Å². The molecule has 0 spiro atoms. The minimum atomic E-state index is -0.0147. The summed E-state index contributed by atoms with van der Waals surface area (Å²) in [7, 11) is 3.52. The van der Waals surface area contributed by atoms with E-state index in [9.17, 15) is 0 Å². The number of halogens is 1. The van der Waals surface area contributed by atoms with Crippen LogP contribution in [0.15, 0.2) is 6.20 Å². The van der Waals surface area contributed by atoms with Crippen LogP contribution in [0.1, 0.15) is 25.3 Å². The zero-order valence-corrected chi connectivity index (χ0v) is 10.7. The fourth-order valence-electron chi connectivity index (χ4n) is 1.17. The Hall–Kier alpha value is -0.430. The second-order valence-electron chi connectivity index (χ2n) is 2.81. The number of rotatable bonds is 4. The van der Waals surface area contributed by atoms with Crippen LogP contribution in [0.25, 0.3) is 0 Å². The molecule has 78 valence electrons. The highest BCUT2D eigenvalue weighted by Crippen LogP contribution is 2.20. The highest BCUT2D eigenvalue weighted by atomic mass is 127. The van der Waals surface area contributed by atoms with E-state index in [-0.39, 0.29) is 6.10 Å². The number of hydrogen-bond donors (Lipinski definition) is 1. The number of ether oxygens (including phenoxy) is 1. The molecule has 1 aromatic rings. The van der Waals surface area contributed by atoms with Crippen LogP contribution in [0.3, 0.4) is 0 Å². The number of nitrogens with one attached hydrogen (secondary N) is 1. The van der Waals surface area contributed by atoms with Gasteiger partial charge in [0.1, 0.15) is 11.9 Å². The molecule has 14 heavy (non-hydrogen) atoms. The second-order valence-corrected chi connectivity index (χ2v) is 3.97. The summed E-state index contributed by atoms with van der Waals surface area (Å²) >= 11 is 2.20. The molecule has 4 nitrogen and oxygen atoms in total. The highest BCUT2D eigenvalue weighted by Gasteiger charge is 2.12. The molecular formula is C9H14IN3O. The molecule has 1 aromatic heterocycles. The number of methoxy groups -OCH3 is 1. The smallest absolute Gasteiger partial charge is 0.159 e. The van der Waals surface area contributed by atoms with E-state index in [2.05, 4.69) is 44.8 Å². The molecule has 0 radical (unpaired) electrons. The zero-order valence-electron chi connectivity index (χ0n) is 8.54. The Morgan fingerprint density at radius 3 is 2.86 bits per heavy atom. The maximum Gasteiger partial charge on any atom is 0.159 e. The van der Waals surface area contributed by atoms with Gasteiger partial charge in [0.25, 0.3) is 0 Å². The Morgan fingerprint density at radius 2 is 2.36 bits per heavy atom. The zero-order chi connectivity index (χ0) is 10.6. The van der Waals surface area contributed by atoms with E-state index in [0.29, 0.717) is 0 Å². The van der Waals surface area contributed by atoms with E-state index in [1.165, 1.54) is 0 Å². The lowest BCUT2D eigenvalue weighted by atomic mass is 10.2. The van der Waals surface area contributed by atoms with Crippen LogP contribution in [0.5, 0.6) is 0 Å². The van der Waals surface area contributed by atoms with Crippen molar-refractivity contribution in [3.8, 4) is 0 Å². The minimum absolute atomic E-state index is 0.0147. The number of hydrogen-bond acceptors (Lipinski definition) is 4. The Kier molecular flexibility index (Phi) is 4.53. The van der Waals surface area contributed by atoms with Crippen molar-refractivity contribution >= 4 is 28.4 Å². The quantitative estimate of drug-likeness (QED) is 0.867. The van der Waals surface area contributed by atoms with Crippen molar-refractivity contribution in [1.82, 2.24) is 9.97 Å². The van der Waals surface area contributed by atoms with Crippen molar-refractivity contribution < 1.29 is 4.74 Å². The van der Waals surface area contributed by atoms with Gasteiger partial charge in [-0.1, -0.05) is 6.92 Å². The largest absolute Gasteiger partial charge is 0.373 e. The minimum Gasteiger partial charge on any atom is -0.373 e. The summed E-state index contributed by atoms with van der Waals surface area (Å²) in [6, 6.07) is 0. The summed E-state index contributed by atoms with van der Waals surface area (Å²) in [6.45, 7) is 2.05. The van der Waals surface area contributed by atoms with E-state index in [1.54, 1.807) is 13.3 Å². The summed E-state index contributed by atoms with van der Waals surface area (Å²) in [4.78, 5) is 8.62. The first-order valence-corrected chi connectivity index (χ1v) is 5.53. The molecule has 0 saturated heterocycles. The van der Waals surface area contributed by atoms with Gasteiger partial charge in [-0.3, -0.25) is 0 Å². The van der Waals surface area contributed by atoms with Gasteiger partial charge in [0.05, 0.1) is 3.57 Å². The van der Waals surface area contributed by atoms with Crippen LogP contribution >= 0.6 is 22.6 Å². The van der Waals surface area contributed by atoms with Gasteiger partial charge in [-0.2, -0.15) is 0 Å². The van der Waals surface area contributed by atoms with E-state index in [0.717, 1.165) is 21.6 Å². The van der Waals surface area contributed by atoms with Gasteiger partial charge in [0.15, 0.2) is 5.82 Å². The Balaban J connectivity index is 2.98. The van der Waals surface area contributed by atoms with Crippen LogP contribution < -0.4 is 5.32 Å². The Morgan fingerprint density at radius 1 is 1.64 bits per heavy atom. The lowest BCUT2D eigenvalue weighted by Gasteiger charge is -2.12. The third-order valence-corrected chi connectivity index (χ3v) is 2.73. The first-order valence-electron chi connectivity index (χ1n) is 4.45. The molecule has 5 heteroatoms. The van der Waals surface area contributed by atoms with E-state index >= 15 is 0 Å². The van der Waals surface area contributed by atoms with E-state index in [1.807, 2.05) is 7.05 Å². The fourth-order valence-corrected chi connectivity index (χ4v) is 1.70. The van der Waals surface area contributed by atoms with Gasteiger partial charge in [-0.15, -0.1) is 0 Å². The summed E-state index contributed by atoms with van der Waals surface area (Å²) in [6.07, 6.45) is 2.66. The molecule has 0 aliphatic carbocycles. The average molecular weight is 307 g/mol.